The average Bonchev–Trinajstić information content (AvgIpc) is 2.30. The maximum absolute atomic E-state index is 12.6. The zero-order chi connectivity index (χ0) is 15.3. The Bertz CT molecular complexity index is 282. The van der Waals surface area contributed by atoms with Gasteiger partial charge in [-0.25, -0.2) is 8.78 Å². The van der Waals surface area contributed by atoms with Crippen molar-refractivity contribution in [2.24, 2.45) is 23.0 Å². The Balaban J connectivity index is 2.61. The molecule has 0 saturated heterocycles. The van der Waals surface area contributed by atoms with Gasteiger partial charge < -0.3 is 10.8 Å². The second-order valence-corrected chi connectivity index (χ2v) is 7.17. The fourth-order valence-corrected chi connectivity index (χ4v) is 3.21. The van der Waals surface area contributed by atoms with E-state index < -0.39 is 6.43 Å². The van der Waals surface area contributed by atoms with Crippen molar-refractivity contribution in [3.63, 3.8) is 0 Å². The lowest BCUT2D eigenvalue weighted by molar-refractivity contribution is 0.0489. The minimum absolute atomic E-state index is 0.0859. The quantitative estimate of drug-likeness (QED) is 0.790. The molecule has 0 aliphatic heterocycles. The number of hydrogen-bond donors (Lipinski definition) is 2. The molecule has 120 valence electrons. The molecule has 1 aliphatic rings. The molecule has 1 rings (SSSR count). The fraction of sp³-hybridized carbons (Fsp3) is 1.00. The van der Waals surface area contributed by atoms with Gasteiger partial charge in [-0.3, -0.25) is 4.90 Å². The van der Waals surface area contributed by atoms with Crippen molar-refractivity contribution < 1.29 is 13.9 Å². The van der Waals surface area contributed by atoms with E-state index in [2.05, 4.69) is 20.8 Å². The first-order valence-corrected chi connectivity index (χ1v) is 7.61. The minimum Gasteiger partial charge on any atom is -0.395 e. The highest BCUT2D eigenvalue weighted by atomic mass is 19.3. The summed E-state index contributed by atoms with van der Waals surface area (Å²) in [5, 5.41) is 9.01. The lowest BCUT2D eigenvalue weighted by atomic mass is 9.67. The molecular formula is C15H30F2N2O. The van der Waals surface area contributed by atoms with Gasteiger partial charge >= 0.3 is 0 Å². The molecule has 3 nitrogen and oxygen atoms in total. The third kappa shape index (κ3) is 5.62. The van der Waals surface area contributed by atoms with Crippen molar-refractivity contribution in [2.75, 3.05) is 26.2 Å². The van der Waals surface area contributed by atoms with Gasteiger partial charge in [-0.1, -0.05) is 20.8 Å². The SMILES string of the molecule is CC(C)(C)C1CCC(N)C(CN(CCO)CC(F)F)C1. The molecule has 3 unspecified atom stereocenters. The van der Waals surface area contributed by atoms with Crippen molar-refractivity contribution in [2.45, 2.75) is 52.5 Å². The molecule has 0 spiro atoms. The molecule has 0 amide bonds. The number of alkyl halides is 2. The van der Waals surface area contributed by atoms with Crippen LogP contribution >= 0.6 is 0 Å². The molecule has 0 radical (unpaired) electrons. The first-order chi connectivity index (χ1) is 9.24. The fourth-order valence-electron chi connectivity index (χ4n) is 3.21. The van der Waals surface area contributed by atoms with Crippen LogP contribution in [0.4, 0.5) is 8.78 Å². The largest absolute Gasteiger partial charge is 0.395 e. The molecule has 0 aromatic carbocycles. The summed E-state index contributed by atoms with van der Waals surface area (Å²) in [5.74, 6) is 0.841. The number of hydrogen-bond acceptors (Lipinski definition) is 3. The summed E-state index contributed by atoms with van der Waals surface area (Å²) in [6.45, 7) is 7.20. The number of nitrogens with zero attached hydrogens (tertiary/aromatic N) is 1. The molecule has 3 atom stereocenters. The summed E-state index contributed by atoms with van der Waals surface area (Å²) in [7, 11) is 0. The van der Waals surface area contributed by atoms with E-state index in [1.54, 1.807) is 4.90 Å². The van der Waals surface area contributed by atoms with E-state index in [0.29, 0.717) is 19.0 Å². The monoisotopic (exact) mass is 292 g/mol. The standard InChI is InChI=1S/C15H30F2N2O/c1-15(2,3)12-4-5-13(18)11(8-12)9-19(6-7-20)10-14(16)17/h11-14,20H,4-10,18H2,1-3H3. The number of nitrogens with two attached hydrogens (primary N) is 1. The van der Waals surface area contributed by atoms with Crippen LogP contribution in [0.25, 0.3) is 0 Å². The highest BCUT2D eigenvalue weighted by Crippen LogP contribution is 2.40. The highest BCUT2D eigenvalue weighted by molar-refractivity contribution is 4.88. The van der Waals surface area contributed by atoms with Gasteiger partial charge in [0.15, 0.2) is 0 Å². The van der Waals surface area contributed by atoms with Gasteiger partial charge in [0.05, 0.1) is 13.2 Å². The number of aliphatic hydroxyl groups excluding tert-OH is 1. The van der Waals surface area contributed by atoms with Crippen molar-refractivity contribution in [1.82, 2.24) is 4.90 Å². The summed E-state index contributed by atoms with van der Waals surface area (Å²) >= 11 is 0. The van der Waals surface area contributed by atoms with Crippen LogP contribution in [0.3, 0.4) is 0 Å². The van der Waals surface area contributed by atoms with Gasteiger partial charge in [0.1, 0.15) is 0 Å². The Morgan fingerprint density at radius 2 is 1.95 bits per heavy atom. The van der Waals surface area contributed by atoms with Crippen LogP contribution in [0.5, 0.6) is 0 Å². The zero-order valence-electron chi connectivity index (χ0n) is 13.0. The first kappa shape index (κ1) is 17.8. The summed E-state index contributed by atoms with van der Waals surface area (Å²) in [6.07, 6.45) is 0.722. The predicted molar refractivity (Wildman–Crippen MR) is 77.8 cm³/mol. The van der Waals surface area contributed by atoms with E-state index in [0.717, 1.165) is 19.3 Å². The van der Waals surface area contributed by atoms with Gasteiger partial charge in [0.2, 0.25) is 0 Å². The van der Waals surface area contributed by atoms with Crippen LogP contribution in [-0.2, 0) is 0 Å². The van der Waals surface area contributed by atoms with E-state index in [1.165, 1.54) is 0 Å². The minimum atomic E-state index is -2.36. The van der Waals surface area contributed by atoms with Gasteiger partial charge in [-0.2, -0.15) is 0 Å². The lowest BCUT2D eigenvalue weighted by Crippen LogP contribution is -2.46. The predicted octanol–water partition coefficient (Wildman–Crippen LogP) is 2.34. The molecule has 1 saturated carbocycles. The van der Waals surface area contributed by atoms with E-state index in [9.17, 15) is 8.78 Å². The van der Waals surface area contributed by atoms with Crippen LogP contribution in [0, 0.1) is 17.3 Å². The molecule has 1 aliphatic carbocycles. The average molecular weight is 292 g/mol. The third-order valence-electron chi connectivity index (χ3n) is 4.57. The van der Waals surface area contributed by atoms with Gasteiger partial charge in [0, 0.05) is 19.1 Å². The van der Waals surface area contributed by atoms with E-state index in [4.69, 9.17) is 10.8 Å². The van der Waals surface area contributed by atoms with Crippen molar-refractivity contribution in [3.8, 4) is 0 Å². The van der Waals surface area contributed by atoms with Crippen LogP contribution in [-0.4, -0.2) is 48.7 Å². The maximum atomic E-state index is 12.6. The molecule has 3 N–H and O–H groups in total. The van der Waals surface area contributed by atoms with E-state index >= 15 is 0 Å². The second-order valence-electron chi connectivity index (χ2n) is 7.17. The van der Waals surface area contributed by atoms with Crippen LogP contribution in [0.2, 0.25) is 0 Å². The lowest BCUT2D eigenvalue weighted by Gasteiger charge is -2.42. The number of aliphatic hydroxyl groups is 1. The van der Waals surface area contributed by atoms with Crippen LogP contribution in [0.15, 0.2) is 0 Å². The molecule has 0 aromatic rings. The normalized spacial score (nSPS) is 28.4. The van der Waals surface area contributed by atoms with Crippen LogP contribution in [0.1, 0.15) is 40.0 Å². The smallest absolute Gasteiger partial charge is 0.251 e. The molecule has 1 fully saturated rings. The topological polar surface area (TPSA) is 49.5 Å². The van der Waals surface area contributed by atoms with Crippen LogP contribution < -0.4 is 5.73 Å². The summed E-state index contributed by atoms with van der Waals surface area (Å²) < 4.78 is 25.1. The summed E-state index contributed by atoms with van der Waals surface area (Å²) in [5.41, 5.74) is 6.42. The molecular weight excluding hydrogens is 262 g/mol. The summed E-state index contributed by atoms with van der Waals surface area (Å²) in [4.78, 5) is 1.65. The van der Waals surface area contributed by atoms with E-state index in [1.807, 2.05) is 0 Å². The molecule has 5 heteroatoms. The maximum Gasteiger partial charge on any atom is 0.251 e. The first-order valence-electron chi connectivity index (χ1n) is 7.61. The summed E-state index contributed by atoms with van der Waals surface area (Å²) in [6, 6.07) is 0.0902. The van der Waals surface area contributed by atoms with Crippen molar-refractivity contribution in [1.29, 1.82) is 0 Å². The van der Waals surface area contributed by atoms with Gasteiger partial charge in [-0.15, -0.1) is 0 Å². The van der Waals surface area contributed by atoms with E-state index in [-0.39, 0.29) is 30.5 Å². The molecule has 0 heterocycles. The Hall–Kier alpha value is -0.260. The number of rotatable bonds is 6. The Kier molecular flexibility index (Phi) is 6.82. The Morgan fingerprint density at radius 1 is 1.30 bits per heavy atom. The second kappa shape index (κ2) is 7.66. The van der Waals surface area contributed by atoms with Crippen molar-refractivity contribution >= 4 is 0 Å². The third-order valence-corrected chi connectivity index (χ3v) is 4.57. The van der Waals surface area contributed by atoms with Crippen molar-refractivity contribution in [3.05, 3.63) is 0 Å². The Morgan fingerprint density at radius 3 is 2.45 bits per heavy atom. The number of halogens is 2. The van der Waals surface area contributed by atoms with Gasteiger partial charge in [0.25, 0.3) is 6.43 Å². The Labute approximate surface area is 121 Å². The zero-order valence-corrected chi connectivity index (χ0v) is 13.0. The van der Waals surface area contributed by atoms with Gasteiger partial charge in [-0.05, 0) is 36.5 Å². The molecule has 0 aromatic heterocycles. The molecule has 20 heavy (non-hydrogen) atoms. The highest BCUT2D eigenvalue weighted by Gasteiger charge is 2.35. The molecule has 0 bridgehead atoms.